The highest BCUT2D eigenvalue weighted by atomic mass is 35.5. The lowest BCUT2D eigenvalue weighted by molar-refractivity contribution is -0.140. The van der Waals surface area contributed by atoms with Crippen LogP contribution in [0, 0.1) is 5.92 Å². The minimum atomic E-state index is -0.306. The van der Waals surface area contributed by atoms with Crippen LogP contribution in [0.15, 0.2) is 36.7 Å². The summed E-state index contributed by atoms with van der Waals surface area (Å²) in [5, 5.41) is 4.66. The van der Waals surface area contributed by atoms with Gasteiger partial charge in [-0.05, 0) is 23.6 Å². The van der Waals surface area contributed by atoms with Gasteiger partial charge in [0, 0.05) is 24.7 Å². The fourth-order valence-corrected chi connectivity index (χ4v) is 2.93. The second-order valence-corrected chi connectivity index (χ2v) is 5.94. The minimum Gasteiger partial charge on any atom is -0.278 e. The summed E-state index contributed by atoms with van der Waals surface area (Å²) < 4.78 is 1.69. The molecule has 114 valence electrons. The first-order valence-corrected chi connectivity index (χ1v) is 7.47. The van der Waals surface area contributed by atoms with Gasteiger partial charge in [0.25, 0.3) is 0 Å². The van der Waals surface area contributed by atoms with Gasteiger partial charge in [-0.25, -0.2) is 0 Å². The van der Waals surface area contributed by atoms with Crippen molar-refractivity contribution in [2.75, 3.05) is 0 Å². The maximum Gasteiger partial charge on any atom is 0.233 e. The predicted octanol–water partition coefficient (Wildman–Crippen LogP) is 2.19. The Labute approximate surface area is 133 Å². The van der Waals surface area contributed by atoms with Gasteiger partial charge in [-0.2, -0.15) is 5.10 Å². The lowest BCUT2D eigenvalue weighted by Crippen LogP contribution is -2.30. The van der Waals surface area contributed by atoms with Gasteiger partial charge in [0.15, 0.2) is 0 Å². The molecule has 0 radical (unpaired) electrons. The molecule has 0 bridgehead atoms. The largest absolute Gasteiger partial charge is 0.278 e. The van der Waals surface area contributed by atoms with Crippen molar-refractivity contribution in [3.8, 4) is 0 Å². The van der Waals surface area contributed by atoms with Crippen molar-refractivity contribution >= 4 is 23.4 Å². The highest BCUT2D eigenvalue weighted by Gasteiger charge is 2.38. The molecule has 0 aliphatic carbocycles. The number of rotatable bonds is 4. The topological polar surface area (TPSA) is 55.2 Å². The van der Waals surface area contributed by atoms with Gasteiger partial charge >= 0.3 is 0 Å². The van der Waals surface area contributed by atoms with Gasteiger partial charge in [-0.1, -0.05) is 29.8 Å². The van der Waals surface area contributed by atoms with Crippen LogP contribution in [0.3, 0.4) is 0 Å². The van der Waals surface area contributed by atoms with Crippen molar-refractivity contribution in [1.82, 2.24) is 14.7 Å². The summed E-state index contributed by atoms with van der Waals surface area (Å²) in [6.07, 6.45) is 4.39. The van der Waals surface area contributed by atoms with Gasteiger partial charge < -0.3 is 0 Å². The number of likely N-dealkylation sites (tertiary alicyclic amines) is 1. The van der Waals surface area contributed by atoms with Crippen LogP contribution in [-0.2, 0) is 29.6 Å². The van der Waals surface area contributed by atoms with Crippen LogP contribution in [0.1, 0.15) is 17.5 Å². The van der Waals surface area contributed by atoms with E-state index in [1.54, 1.807) is 16.9 Å². The summed E-state index contributed by atoms with van der Waals surface area (Å²) in [5.74, 6) is -0.577. The number of hydrogen-bond donors (Lipinski definition) is 0. The number of aryl methyl sites for hydroxylation is 1. The van der Waals surface area contributed by atoms with Gasteiger partial charge in [0.2, 0.25) is 11.8 Å². The number of halogens is 1. The van der Waals surface area contributed by atoms with E-state index in [9.17, 15) is 9.59 Å². The zero-order valence-corrected chi connectivity index (χ0v) is 13.0. The Morgan fingerprint density at radius 1 is 1.32 bits per heavy atom. The quantitative estimate of drug-likeness (QED) is 0.812. The van der Waals surface area contributed by atoms with E-state index in [0.717, 1.165) is 11.1 Å². The van der Waals surface area contributed by atoms with Gasteiger partial charge in [-0.3, -0.25) is 19.2 Å². The summed E-state index contributed by atoms with van der Waals surface area (Å²) in [7, 11) is 1.83. The molecule has 1 saturated heterocycles. The SMILES string of the molecule is Cn1cc(C[C@H]2CC(=O)N(Cc3ccccc3Cl)C2=O)cn1. The first kappa shape index (κ1) is 14.8. The average molecular weight is 318 g/mol. The van der Waals surface area contributed by atoms with E-state index in [0.29, 0.717) is 11.4 Å². The van der Waals surface area contributed by atoms with E-state index in [4.69, 9.17) is 11.6 Å². The molecule has 1 aliphatic heterocycles. The van der Waals surface area contributed by atoms with Crippen molar-refractivity contribution in [3.05, 3.63) is 52.8 Å². The van der Waals surface area contributed by atoms with Crippen LogP contribution < -0.4 is 0 Å². The van der Waals surface area contributed by atoms with Crippen LogP contribution in [0.2, 0.25) is 5.02 Å². The van der Waals surface area contributed by atoms with Gasteiger partial charge in [0.1, 0.15) is 0 Å². The number of carbonyl (C=O) groups is 2. The summed E-state index contributed by atoms with van der Waals surface area (Å²) in [4.78, 5) is 25.9. The molecule has 3 rings (SSSR count). The molecule has 6 heteroatoms. The molecule has 2 heterocycles. The number of benzene rings is 1. The fraction of sp³-hybridized carbons (Fsp3) is 0.312. The molecule has 1 aliphatic rings. The summed E-state index contributed by atoms with van der Waals surface area (Å²) in [6.45, 7) is 0.237. The van der Waals surface area contributed by atoms with Crippen LogP contribution >= 0.6 is 11.6 Å². The van der Waals surface area contributed by atoms with E-state index >= 15 is 0 Å². The smallest absolute Gasteiger partial charge is 0.233 e. The molecule has 22 heavy (non-hydrogen) atoms. The summed E-state index contributed by atoms with van der Waals surface area (Å²) in [5.41, 5.74) is 1.75. The van der Waals surface area contributed by atoms with Gasteiger partial charge in [0.05, 0.1) is 18.7 Å². The molecular weight excluding hydrogens is 302 g/mol. The Bertz CT molecular complexity index is 726. The third-order valence-electron chi connectivity index (χ3n) is 3.86. The first-order chi connectivity index (χ1) is 10.5. The third-order valence-corrected chi connectivity index (χ3v) is 4.23. The van der Waals surface area contributed by atoms with Crippen LogP contribution in [0.25, 0.3) is 0 Å². The summed E-state index contributed by atoms with van der Waals surface area (Å²) in [6, 6.07) is 7.26. The van der Waals surface area contributed by atoms with Crippen molar-refractivity contribution in [1.29, 1.82) is 0 Å². The monoisotopic (exact) mass is 317 g/mol. The highest BCUT2D eigenvalue weighted by Crippen LogP contribution is 2.26. The number of aromatic nitrogens is 2. The van der Waals surface area contributed by atoms with Crippen LogP contribution in [0.4, 0.5) is 0 Å². The standard InChI is InChI=1S/C16H16ClN3O2/c1-19-9-11(8-18-19)6-13-7-15(21)20(16(13)22)10-12-4-2-3-5-14(12)17/h2-5,8-9,13H,6-7,10H2,1H3/t13-/m0/s1. The van der Waals surface area contributed by atoms with Crippen molar-refractivity contribution in [2.45, 2.75) is 19.4 Å². The maximum atomic E-state index is 12.5. The van der Waals surface area contributed by atoms with E-state index in [-0.39, 0.29) is 30.7 Å². The molecule has 5 nitrogen and oxygen atoms in total. The second-order valence-electron chi connectivity index (χ2n) is 5.54. The molecule has 1 aromatic carbocycles. The first-order valence-electron chi connectivity index (χ1n) is 7.09. The van der Waals surface area contributed by atoms with E-state index in [1.807, 2.05) is 31.4 Å². The normalized spacial score (nSPS) is 18.3. The molecule has 1 atom stereocenters. The summed E-state index contributed by atoms with van der Waals surface area (Å²) >= 11 is 6.11. The Hall–Kier alpha value is -2.14. The number of hydrogen-bond acceptors (Lipinski definition) is 3. The fourth-order valence-electron chi connectivity index (χ4n) is 2.74. The molecule has 0 spiro atoms. The Morgan fingerprint density at radius 3 is 2.77 bits per heavy atom. The zero-order valence-electron chi connectivity index (χ0n) is 12.2. The molecule has 0 N–H and O–H groups in total. The van der Waals surface area contributed by atoms with Crippen LogP contribution in [-0.4, -0.2) is 26.5 Å². The van der Waals surface area contributed by atoms with Crippen molar-refractivity contribution in [3.63, 3.8) is 0 Å². The van der Waals surface area contributed by atoms with Crippen molar-refractivity contribution in [2.24, 2.45) is 13.0 Å². The molecule has 2 amide bonds. The Morgan fingerprint density at radius 2 is 2.09 bits per heavy atom. The van der Waals surface area contributed by atoms with Crippen LogP contribution in [0.5, 0.6) is 0 Å². The number of carbonyl (C=O) groups excluding carboxylic acids is 2. The highest BCUT2D eigenvalue weighted by molar-refractivity contribution is 6.31. The van der Waals surface area contributed by atoms with E-state index < -0.39 is 0 Å². The molecule has 2 aromatic rings. The van der Waals surface area contributed by atoms with Crippen molar-refractivity contribution < 1.29 is 9.59 Å². The van der Waals surface area contributed by atoms with E-state index in [1.165, 1.54) is 4.90 Å². The average Bonchev–Trinajstić information content (AvgIpc) is 3.00. The molecule has 0 saturated carbocycles. The molecule has 1 aromatic heterocycles. The maximum absolute atomic E-state index is 12.5. The number of amides is 2. The lowest BCUT2D eigenvalue weighted by Gasteiger charge is -2.15. The molecule has 1 fully saturated rings. The number of nitrogens with zero attached hydrogens (tertiary/aromatic N) is 3. The Balaban J connectivity index is 1.73. The third kappa shape index (κ3) is 2.90. The number of imide groups is 1. The zero-order chi connectivity index (χ0) is 15.7. The second kappa shape index (κ2) is 5.93. The Kier molecular flexibility index (Phi) is 3.98. The lowest BCUT2D eigenvalue weighted by atomic mass is 10.0. The predicted molar refractivity (Wildman–Crippen MR) is 82.0 cm³/mol. The molecular formula is C16H16ClN3O2. The molecule has 0 unspecified atom stereocenters. The van der Waals surface area contributed by atoms with Gasteiger partial charge in [-0.15, -0.1) is 0 Å². The van der Waals surface area contributed by atoms with E-state index in [2.05, 4.69) is 5.10 Å². The minimum absolute atomic E-state index is 0.131.